The predicted octanol–water partition coefficient (Wildman–Crippen LogP) is 4.90. The van der Waals surface area contributed by atoms with Crippen LogP contribution < -0.4 is 0 Å². The molecule has 28 heavy (non-hydrogen) atoms. The van der Waals surface area contributed by atoms with Crippen molar-refractivity contribution in [2.45, 2.75) is 82.3 Å². The highest BCUT2D eigenvalue weighted by molar-refractivity contribution is 7.89. The average molecular weight is 402 g/mol. The van der Waals surface area contributed by atoms with E-state index in [1.807, 2.05) is 4.31 Å². The summed E-state index contributed by atoms with van der Waals surface area (Å²) in [5, 5.41) is -0.130. The van der Waals surface area contributed by atoms with E-state index in [0.717, 1.165) is 38.5 Å². The summed E-state index contributed by atoms with van der Waals surface area (Å²) in [5.74, 6) is 1.00. The van der Waals surface area contributed by atoms with E-state index in [4.69, 9.17) is 0 Å². The lowest BCUT2D eigenvalue weighted by atomic mass is 9.74. The Labute approximate surface area is 170 Å². The van der Waals surface area contributed by atoms with E-state index in [1.165, 1.54) is 30.4 Å². The van der Waals surface area contributed by atoms with Gasteiger partial charge in [0.1, 0.15) is 0 Å². The number of sulfonamides is 1. The topological polar surface area (TPSA) is 37.4 Å². The highest BCUT2D eigenvalue weighted by Crippen LogP contribution is 2.67. The SMILES string of the molecule is CCC1CC(S(=O)(=O)N2CCC3(CCc4ccccc43)CC2)C(CC)C12CC2. The third kappa shape index (κ3) is 2.59. The molecule has 1 aliphatic heterocycles. The van der Waals surface area contributed by atoms with Gasteiger partial charge in [0.15, 0.2) is 0 Å². The maximum Gasteiger partial charge on any atom is 0.217 e. The van der Waals surface area contributed by atoms with Crippen LogP contribution in [-0.4, -0.2) is 31.1 Å². The molecule has 3 nitrogen and oxygen atoms in total. The molecule has 3 aliphatic carbocycles. The van der Waals surface area contributed by atoms with Crippen LogP contribution in [0.5, 0.6) is 0 Å². The Morgan fingerprint density at radius 2 is 1.71 bits per heavy atom. The smallest absolute Gasteiger partial charge is 0.212 e. The van der Waals surface area contributed by atoms with Gasteiger partial charge >= 0.3 is 0 Å². The second-order valence-corrected chi connectivity index (χ2v) is 12.2. The van der Waals surface area contributed by atoms with Gasteiger partial charge < -0.3 is 0 Å². The molecule has 5 rings (SSSR count). The van der Waals surface area contributed by atoms with Crippen LogP contribution in [-0.2, 0) is 21.9 Å². The van der Waals surface area contributed by atoms with Crippen LogP contribution >= 0.6 is 0 Å². The Kier molecular flexibility index (Phi) is 4.48. The number of hydrogen-bond donors (Lipinski definition) is 0. The molecule has 3 atom stereocenters. The maximum atomic E-state index is 13.7. The van der Waals surface area contributed by atoms with Crippen LogP contribution in [0.3, 0.4) is 0 Å². The zero-order valence-electron chi connectivity index (χ0n) is 17.5. The zero-order valence-corrected chi connectivity index (χ0v) is 18.3. The molecule has 1 saturated heterocycles. The Balaban J connectivity index is 1.35. The van der Waals surface area contributed by atoms with E-state index in [1.54, 1.807) is 0 Å². The minimum absolute atomic E-state index is 0.130. The molecule has 4 heteroatoms. The van der Waals surface area contributed by atoms with Crippen LogP contribution in [0.15, 0.2) is 24.3 Å². The number of benzene rings is 1. The van der Waals surface area contributed by atoms with Crippen molar-refractivity contribution in [3.8, 4) is 0 Å². The highest BCUT2D eigenvalue weighted by Gasteiger charge is 2.63. The van der Waals surface area contributed by atoms with Gasteiger partial charge in [0, 0.05) is 13.1 Å². The van der Waals surface area contributed by atoms with Crippen molar-refractivity contribution in [1.82, 2.24) is 4.31 Å². The summed E-state index contributed by atoms with van der Waals surface area (Å²) in [4.78, 5) is 0. The standard InChI is InChI=1S/C24H35NO2S/c1-3-19-17-22(20(4-2)24(19)11-12-24)28(26,27)25-15-13-23(14-16-25)10-9-18-7-5-6-8-21(18)23/h5-8,19-20,22H,3-4,9-17H2,1-2H3. The van der Waals surface area contributed by atoms with Crippen molar-refractivity contribution >= 4 is 10.0 Å². The van der Waals surface area contributed by atoms with Crippen molar-refractivity contribution < 1.29 is 8.42 Å². The van der Waals surface area contributed by atoms with Crippen LogP contribution in [0.2, 0.25) is 0 Å². The normalized spacial score (nSPS) is 33.4. The van der Waals surface area contributed by atoms with Gasteiger partial charge in [-0.1, -0.05) is 51.0 Å². The average Bonchev–Trinajstić information content (AvgIpc) is 3.33. The van der Waals surface area contributed by atoms with Gasteiger partial charge in [-0.2, -0.15) is 0 Å². The molecular formula is C24H35NO2S. The first-order valence-electron chi connectivity index (χ1n) is 11.5. The van der Waals surface area contributed by atoms with E-state index in [0.29, 0.717) is 30.3 Å². The highest BCUT2D eigenvalue weighted by atomic mass is 32.2. The van der Waals surface area contributed by atoms with E-state index in [2.05, 4.69) is 38.1 Å². The van der Waals surface area contributed by atoms with Gasteiger partial charge in [0.05, 0.1) is 5.25 Å². The summed E-state index contributed by atoms with van der Waals surface area (Å²) in [6, 6.07) is 8.84. The Morgan fingerprint density at radius 1 is 1.00 bits per heavy atom. The predicted molar refractivity (Wildman–Crippen MR) is 114 cm³/mol. The summed E-state index contributed by atoms with van der Waals surface area (Å²) in [6.45, 7) is 5.90. The maximum absolute atomic E-state index is 13.7. The van der Waals surface area contributed by atoms with Crippen molar-refractivity contribution in [1.29, 1.82) is 0 Å². The van der Waals surface area contributed by atoms with E-state index in [-0.39, 0.29) is 10.7 Å². The Morgan fingerprint density at radius 3 is 2.36 bits per heavy atom. The zero-order chi connectivity index (χ0) is 19.6. The molecule has 0 amide bonds. The molecule has 0 bridgehead atoms. The lowest BCUT2D eigenvalue weighted by Gasteiger charge is -2.41. The summed E-state index contributed by atoms with van der Waals surface area (Å²) in [5.41, 5.74) is 3.58. The molecular weight excluding hydrogens is 366 g/mol. The first-order chi connectivity index (χ1) is 13.5. The van der Waals surface area contributed by atoms with Crippen molar-refractivity contribution in [3.05, 3.63) is 35.4 Å². The monoisotopic (exact) mass is 401 g/mol. The second-order valence-electron chi connectivity index (χ2n) is 10.0. The molecule has 0 N–H and O–H groups in total. The number of aryl methyl sites for hydroxylation is 1. The molecule has 4 aliphatic rings. The summed E-state index contributed by atoms with van der Waals surface area (Å²) in [6.07, 6.45) is 9.93. The van der Waals surface area contributed by atoms with Crippen LogP contribution in [0.4, 0.5) is 0 Å². The fourth-order valence-corrected chi connectivity index (χ4v) is 9.92. The van der Waals surface area contributed by atoms with Gasteiger partial charge in [-0.15, -0.1) is 0 Å². The third-order valence-electron chi connectivity index (χ3n) is 9.16. The van der Waals surface area contributed by atoms with E-state index in [9.17, 15) is 8.42 Å². The molecule has 3 fully saturated rings. The summed E-state index contributed by atoms with van der Waals surface area (Å²) >= 11 is 0. The van der Waals surface area contributed by atoms with Gasteiger partial charge in [0.2, 0.25) is 10.0 Å². The number of fused-ring (bicyclic) bond motifs is 2. The van der Waals surface area contributed by atoms with Crippen molar-refractivity contribution in [3.63, 3.8) is 0 Å². The lowest BCUT2D eigenvalue weighted by Crippen LogP contribution is -2.48. The molecule has 2 saturated carbocycles. The molecule has 1 aromatic rings. The summed E-state index contributed by atoms with van der Waals surface area (Å²) in [7, 11) is -3.19. The van der Waals surface area contributed by atoms with Crippen LogP contribution in [0.1, 0.15) is 76.3 Å². The van der Waals surface area contributed by atoms with Gasteiger partial charge in [0.25, 0.3) is 0 Å². The van der Waals surface area contributed by atoms with Crippen molar-refractivity contribution in [2.75, 3.05) is 13.1 Å². The largest absolute Gasteiger partial charge is 0.217 e. The molecule has 0 aromatic heterocycles. The third-order valence-corrected chi connectivity index (χ3v) is 11.5. The van der Waals surface area contributed by atoms with Gasteiger partial charge in [-0.25, -0.2) is 12.7 Å². The van der Waals surface area contributed by atoms with E-state index < -0.39 is 10.0 Å². The van der Waals surface area contributed by atoms with Crippen LogP contribution in [0, 0.1) is 17.3 Å². The van der Waals surface area contributed by atoms with E-state index >= 15 is 0 Å². The number of hydrogen-bond acceptors (Lipinski definition) is 2. The molecule has 154 valence electrons. The second kappa shape index (κ2) is 6.57. The molecule has 1 heterocycles. The lowest BCUT2D eigenvalue weighted by molar-refractivity contribution is 0.226. The summed E-state index contributed by atoms with van der Waals surface area (Å²) < 4.78 is 29.3. The molecule has 2 spiro atoms. The minimum atomic E-state index is -3.19. The first-order valence-corrected chi connectivity index (χ1v) is 13.0. The van der Waals surface area contributed by atoms with Gasteiger partial charge in [-0.3, -0.25) is 0 Å². The minimum Gasteiger partial charge on any atom is -0.212 e. The molecule has 0 radical (unpaired) electrons. The fourth-order valence-electron chi connectivity index (χ4n) is 7.49. The number of piperidine rings is 1. The Bertz CT molecular complexity index is 849. The first kappa shape index (κ1) is 19.1. The quantitative estimate of drug-likeness (QED) is 0.719. The Hall–Kier alpha value is -0.870. The van der Waals surface area contributed by atoms with Crippen molar-refractivity contribution in [2.24, 2.45) is 17.3 Å². The number of rotatable bonds is 4. The molecule has 3 unspecified atom stereocenters. The van der Waals surface area contributed by atoms with Gasteiger partial charge in [-0.05, 0) is 78.7 Å². The number of nitrogens with zero attached hydrogens (tertiary/aromatic N) is 1. The molecule has 1 aromatic carbocycles. The fraction of sp³-hybridized carbons (Fsp3) is 0.750. The van der Waals surface area contributed by atoms with Crippen LogP contribution in [0.25, 0.3) is 0 Å².